The van der Waals surface area contributed by atoms with E-state index in [1.807, 2.05) is 0 Å². The van der Waals surface area contributed by atoms with Crippen LogP contribution in [-0.4, -0.2) is 11.7 Å². The summed E-state index contributed by atoms with van der Waals surface area (Å²) in [5.74, 6) is -0.407. The maximum Gasteiger partial charge on any atom is 0.125 e. The molecule has 4 heteroatoms. The number of anilines is 1. The van der Waals surface area contributed by atoms with E-state index in [2.05, 4.69) is 0 Å². The Labute approximate surface area is 76.2 Å². The van der Waals surface area contributed by atoms with E-state index in [4.69, 9.17) is 16.6 Å². The van der Waals surface area contributed by atoms with Gasteiger partial charge in [0.25, 0.3) is 0 Å². The molecule has 5 N–H and O–H groups in total. The summed E-state index contributed by atoms with van der Waals surface area (Å²) in [5, 5.41) is 8.97. The Kier molecular flexibility index (Phi) is 2.54. The largest absolute Gasteiger partial charge is 0.398 e. The van der Waals surface area contributed by atoms with E-state index in [1.165, 1.54) is 18.2 Å². The van der Waals surface area contributed by atoms with E-state index >= 15 is 0 Å². The number of benzene rings is 1. The van der Waals surface area contributed by atoms with Crippen LogP contribution in [0.2, 0.25) is 0 Å². The second-order valence-corrected chi connectivity index (χ2v) is 3.31. The summed E-state index contributed by atoms with van der Waals surface area (Å²) in [6.07, 6.45) is 0. The average Bonchev–Trinajstić information content (AvgIpc) is 2.03. The van der Waals surface area contributed by atoms with Gasteiger partial charge < -0.3 is 16.6 Å². The first-order chi connectivity index (χ1) is 5.97. The number of hydrogen-bond donors (Lipinski definition) is 3. The molecule has 0 saturated carbocycles. The number of halogens is 1. The van der Waals surface area contributed by atoms with Crippen molar-refractivity contribution in [3.63, 3.8) is 0 Å². The van der Waals surface area contributed by atoms with Gasteiger partial charge >= 0.3 is 0 Å². The smallest absolute Gasteiger partial charge is 0.125 e. The van der Waals surface area contributed by atoms with E-state index < -0.39 is 11.4 Å². The molecule has 1 aromatic rings. The molecule has 0 amide bonds. The molecule has 72 valence electrons. The highest BCUT2D eigenvalue weighted by atomic mass is 19.1. The van der Waals surface area contributed by atoms with Gasteiger partial charge in [0.05, 0.1) is 12.1 Å². The maximum absolute atomic E-state index is 12.7. The first-order valence-electron chi connectivity index (χ1n) is 3.92. The normalized spacial score (nSPS) is 15.4. The van der Waals surface area contributed by atoms with Gasteiger partial charge in [0.15, 0.2) is 0 Å². The van der Waals surface area contributed by atoms with Crippen LogP contribution >= 0.6 is 0 Å². The van der Waals surface area contributed by atoms with Gasteiger partial charge in [-0.3, -0.25) is 0 Å². The van der Waals surface area contributed by atoms with E-state index in [0.717, 1.165) is 0 Å². The molecule has 0 aliphatic rings. The molecule has 0 fully saturated rings. The zero-order valence-electron chi connectivity index (χ0n) is 7.42. The first-order valence-corrected chi connectivity index (χ1v) is 3.92. The predicted molar refractivity (Wildman–Crippen MR) is 49.4 cm³/mol. The quantitative estimate of drug-likeness (QED) is 0.588. The Morgan fingerprint density at radius 2 is 2.15 bits per heavy atom. The van der Waals surface area contributed by atoms with Gasteiger partial charge in [0.1, 0.15) is 5.82 Å². The van der Waals surface area contributed by atoms with Crippen molar-refractivity contribution in [2.24, 2.45) is 5.73 Å². The lowest BCUT2D eigenvalue weighted by atomic mass is 9.93. The highest BCUT2D eigenvalue weighted by Crippen LogP contribution is 2.23. The van der Waals surface area contributed by atoms with Gasteiger partial charge in [-0.05, 0) is 24.6 Å². The van der Waals surface area contributed by atoms with Gasteiger partial charge in [0.2, 0.25) is 0 Å². The van der Waals surface area contributed by atoms with Crippen molar-refractivity contribution in [2.75, 3.05) is 12.3 Å². The minimum atomic E-state index is -0.919. The number of nitrogen functional groups attached to an aromatic ring is 1. The first kappa shape index (κ1) is 9.95. The molecule has 0 saturated heterocycles. The fourth-order valence-electron chi connectivity index (χ4n) is 1.14. The number of hydrogen-bond acceptors (Lipinski definition) is 3. The number of aliphatic hydroxyl groups excluding tert-OH is 1. The molecule has 13 heavy (non-hydrogen) atoms. The molecule has 0 bridgehead atoms. The van der Waals surface area contributed by atoms with Crippen LogP contribution in [0.1, 0.15) is 12.5 Å². The maximum atomic E-state index is 12.7. The lowest BCUT2D eigenvalue weighted by Gasteiger charge is -2.23. The summed E-state index contributed by atoms with van der Waals surface area (Å²) in [6.45, 7) is 1.40. The summed E-state index contributed by atoms with van der Waals surface area (Å²) in [4.78, 5) is 0. The zero-order valence-corrected chi connectivity index (χ0v) is 7.42. The van der Waals surface area contributed by atoms with Crippen LogP contribution in [0.3, 0.4) is 0 Å². The van der Waals surface area contributed by atoms with E-state index in [9.17, 15) is 4.39 Å². The highest BCUT2D eigenvalue weighted by molar-refractivity contribution is 5.50. The summed E-state index contributed by atoms with van der Waals surface area (Å²) in [5.41, 5.74) is 11.2. The van der Waals surface area contributed by atoms with Crippen LogP contribution < -0.4 is 11.5 Å². The summed E-state index contributed by atoms with van der Waals surface area (Å²) in [6, 6.07) is 3.95. The second-order valence-electron chi connectivity index (χ2n) is 3.31. The molecule has 1 aromatic carbocycles. The number of nitrogens with two attached hydrogens (primary N) is 2. The Morgan fingerprint density at radius 3 is 2.62 bits per heavy atom. The molecule has 1 atom stereocenters. The van der Waals surface area contributed by atoms with Crippen molar-refractivity contribution in [3.8, 4) is 0 Å². The lowest BCUT2D eigenvalue weighted by Crippen LogP contribution is -2.37. The highest BCUT2D eigenvalue weighted by Gasteiger charge is 2.22. The SMILES string of the molecule is CC(N)(CO)c1ccc(F)cc1N. The van der Waals surface area contributed by atoms with Gasteiger partial charge in [0, 0.05) is 5.69 Å². The van der Waals surface area contributed by atoms with Crippen LogP contribution in [-0.2, 0) is 5.54 Å². The number of rotatable bonds is 2. The summed E-state index contributed by atoms with van der Waals surface area (Å²) >= 11 is 0. The molecule has 1 unspecified atom stereocenters. The van der Waals surface area contributed by atoms with Crippen molar-refractivity contribution in [2.45, 2.75) is 12.5 Å². The van der Waals surface area contributed by atoms with E-state index in [1.54, 1.807) is 6.92 Å². The third kappa shape index (κ3) is 1.96. The van der Waals surface area contributed by atoms with Crippen molar-refractivity contribution < 1.29 is 9.50 Å². The minimum absolute atomic E-state index is 0.233. The molecule has 1 rings (SSSR count). The van der Waals surface area contributed by atoms with Crippen LogP contribution in [0.5, 0.6) is 0 Å². The molecular weight excluding hydrogens is 171 g/mol. The van der Waals surface area contributed by atoms with Gasteiger partial charge in [-0.2, -0.15) is 0 Å². The third-order valence-corrected chi connectivity index (χ3v) is 1.96. The molecule has 3 nitrogen and oxygen atoms in total. The Balaban J connectivity index is 3.16. The fraction of sp³-hybridized carbons (Fsp3) is 0.333. The van der Waals surface area contributed by atoms with E-state index in [-0.39, 0.29) is 12.3 Å². The van der Waals surface area contributed by atoms with Gasteiger partial charge in [-0.15, -0.1) is 0 Å². The van der Waals surface area contributed by atoms with Crippen molar-refractivity contribution in [1.82, 2.24) is 0 Å². The average molecular weight is 184 g/mol. The van der Waals surface area contributed by atoms with Crippen LogP contribution in [0.15, 0.2) is 18.2 Å². The fourth-order valence-corrected chi connectivity index (χ4v) is 1.14. The van der Waals surface area contributed by atoms with Crippen LogP contribution in [0, 0.1) is 5.82 Å². The standard InChI is InChI=1S/C9H13FN2O/c1-9(12,5-13)7-3-2-6(10)4-8(7)11/h2-4,13H,5,11-12H2,1H3. The molecule has 0 radical (unpaired) electrons. The molecule has 0 aliphatic carbocycles. The number of aliphatic hydroxyl groups is 1. The Hall–Kier alpha value is -1.13. The second kappa shape index (κ2) is 3.32. The molecule has 0 spiro atoms. The van der Waals surface area contributed by atoms with Crippen LogP contribution in [0.4, 0.5) is 10.1 Å². The molecule has 0 heterocycles. The van der Waals surface area contributed by atoms with E-state index in [0.29, 0.717) is 5.56 Å². The van der Waals surface area contributed by atoms with Crippen molar-refractivity contribution in [1.29, 1.82) is 0 Å². The molecule has 0 aliphatic heterocycles. The Morgan fingerprint density at radius 1 is 1.54 bits per heavy atom. The predicted octanol–water partition coefficient (Wildman–Crippen LogP) is 0.574. The van der Waals surface area contributed by atoms with Crippen molar-refractivity contribution >= 4 is 5.69 Å². The van der Waals surface area contributed by atoms with Crippen molar-refractivity contribution in [3.05, 3.63) is 29.6 Å². The van der Waals surface area contributed by atoms with Gasteiger partial charge in [-0.25, -0.2) is 4.39 Å². The molecular formula is C9H13FN2O. The summed E-state index contributed by atoms with van der Waals surface area (Å²) < 4.78 is 12.7. The summed E-state index contributed by atoms with van der Waals surface area (Å²) in [7, 11) is 0. The minimum Gasteiger partial charge on any atom is -0.398 e. The monoisotopic (exact) mass is 184 g/mol. The Bertz CT molecular complexity index is 312. The third-order valence-electron chi connectivity index (χ3n) is 1.96. The zero-order chi connectivity index (χ0) is 10.1. The van der Waals surface area contributed by atoms with Gasteiger partial charge in [-0.1, -0.05) is 6.07 Å². The molecule has 0 aromatic heterocycles. The topological polar surface area (TPSA) is 72.3 Å². The van der Waals surface area contributed by atoms with Crippen LogP contribution in [0.25, 0.3) is 0 Å². The lowest BCUT2D eigenvalue weighted by molar-refractivity contribution is 0.210.